The molecule has 1 N–H and O–H groups in total. The SMILES string of the molecule is COCCCn1c(SCc2ccc(S(C)=O)cc2)nc(-c2ccc(F)cc2)c1-c1ccnc(NC(C)=O)c1. The van der Waals surface area contributed by atoms with E-state index in [9.17, 15) is 13.4 Å². The van der Waals surface area contributed by atoms with Gasteiger partial charge in [0.1, 0.15) is 11.6 Å². The molecule has 4 aromatic rings. The highest BCUT2D eigenvalue weighted by Gasteiger charge is 2.21. The minimum Gasteiger partial charge on any atom is -0.385 e. The van der Waals surface area contributed by atoms with Crippen molar-refractivity contribution in [3.05, 3.63) is 78.2 Å². The lowest BCUT2D eigenvalue weighted by Gasteiger charge is -2.14. The van der Waals surface area contributed by atoms with Crippen LogP contribution in [0, 0.1) is 5.82 Å². The van der Waals surface area contributed by atoms with Crippen LogP contribution in [0.15, 0.2) is 76.9 Å². The number of thioether (sulfide) groups is 1. The molecule has 0 aliphatic carbocycles. The van der Waals surface area contributed by atoms with Crippen LogP contribution in [0.5, 0.6) is 0 Å². The first-order valence-corrected chi connectivity index (χ1v) is 14.5. The van der Waals surface area contributed by atoms with E-state index in [0.717, 1.165) is 38.9 Å². The van der Waals surface area contributed by atoms with E-state index in [4.69, 9.17) is 9.72 Å². The number of carbonyl (C=O) groups is 1. The summed E-state index contributed by atoms with van der Waals surface area (Å²) in [6, 6.07) is 17.7. The van der Waals surface area contributed by atoms with Crippen LogP contribution in [-0.2, 0) is 32.6 Å². The quantitative estimate of drug-likeness (QED) is 0.188. The number of nitrogens with one attached hydrogen (secondary N) is 1. The highest BCUT2D eigenvalue weighted by Crippen LogP contribution is 2.37. The van der Waals surface area contributed by atoms with Crippen molar-refractivity contribution in [2.24, 2.45) is 0 Å². The first-order valence-electron chi connectivity index (χ1n) is 12.0. The van der Waals surface area contributed by atoms with Gasteiger partial charge in [0, 0.05) is 72.2 Å². The fourth-order valence-electron chi connectivity index (χ4n) is 3.97. The molecule has 7 nitrogen and oxygen atoms in total. The molecule has 10 heteroatoms. The summed E-state index contributed by atoms with van der Waals surface area (Å²) in [5.41, 5.74) is 4.25. The molecule has 0 saturated heterocycles. The highest BCUT2D eigenvalue weighted by atomic mass is 32.2. The predicted molar refractivity (Wildman–Crippen MR) is 150 cm³/mol. The van der Waals surface area contributed by atoms with Gasteiger partial charge in [-0.25, -0.2) is 14.4 Å². The summed E-state index contributed by atoms with van der Waals surface area (Å²) in [7, 11) is 0.642. The van der Waals surface area contributed by atoms with Crippen molar-refractivity contribution in [2.75, 3.05) is 25.3 Å². The summed E-state index contributed by atoms with van der Waals surface area (Å²) >= 11 is 1.59. The second-order valence-electron chi connectivity index (χ2n) is 8.59. The van der Waals surface area contributed by atoms with Gasteiger partial charge >= 0.3 is 0 Å². The number of rotatable bonds is 11. The third kappa shape index (κ3) is 6.94. The number of pyridine rings is 1. The molecule has 1 atom stereocenters. The number of halogens is 1. The molecule has 1 amide bonds. The van der Waals surface area contributed by atoms with Crippen molar-refractivity contribution in [1.82, 2.24) is 14.5 Å². The van der Waals surface area contributed by atoms with Crippen LogP contribution in [0.2, 0.25) is 0 Å². The van der Waals surface area contributed by atoms with Crippen LogP contribution in [0.3, 0.4) is 0 Å². The zero-order chi connectivity index (χ0) is 27.1. The molecule has 198 valence electrons. The van der Waals surface area contributed by atoms with E-state index >= 15 is 0 Å². The van der Waals surface area contributed by atoms with E-state index < -0.39 is 10.8 Å². The minimum absolute atomic E-state index is 0.212. The van der Waals surface area contributed by atoms with Gasteiger partial charge in [0.25, 0.3) is 0 Å². The van der Waals surface area contributed by atoms with Crippen LogP contribution in [0.1, 0.15) is 18.9 Å². The monoisotopic (exact) mass is 552 g/mol. The van der Waals surface area contributed by atoms with Crippen molar-refractivity contribution in [1.29, 1.82) is 0 Å². The number of amides is 1. The van der Waals surface area contributed by atoms with Crippen LogP contribution in [0.4, 0.5) is 10.2 Å². The first-order chi connectivity index (χ1) is 18.4. The van der Waals surface area contributed by atoms with Crippen molar-refractivity contribution in [3.63, 3.8) is 0 Å². The molecular weight excluding hydrogens is 523 g/mol. The third-order valence-electron chi connectivity index (χ3n) is 5.74. The topological polar surface area (TPSA) is 86.1 Å². The smallest absolute Gasteiger partial charge is 0.222 e. The van der Waals surface area contributed by atoms with Crippen LogP contribution >= 0.6 is 11.8 Å². The lowest BCUT2D eigenvalue weighted by molar-refractivity contribution is -0.114. The van der Waals surface area contributed by atoms with Crippen molar-refractivity contribution >= 4 is 34.3 Å². The zero-order valence-electron chi connectivity index (χ0n) is 21.4. The zero-order valence-corrected chi connectivity index (χ0v) is 23.1. The molecule has 0 aliphatic rings. The van der Waals surface area contributed by atoms with Crippen LogP contribution in [-0.4, -0.2) is 44.6 Å². The molecule has 0 spiro atoms. The Morgan fingerprint density at radius 3 is 2.50 bits per heavy atom. The molecule has 0 fully saturated rings. The molecule has 0 aliphatic heterocycles. The number of hydrogen-bond donors (Lipinski definition) is 1. The molecular formula is C28H29FN4O3S2. The Bertz CT molecular complexity index is 1420. The normalized spacial score (nSPS) is 11.9. The summed E-state index contributed by atoms with van der Waals surface area (Å²) in [6.07, 6.45) is 4.07. The van der Waals surface area contributed by atoms with E-state index in [0.29, 0.717) is 30.4 Å². The van der Waals surface area contributed by atoms with Gasteiger partial charge in [-0.2, -0.15) is 0 Å². The maximum atomic E-state index is 13.8. The van der Waals surface area contributed by atoms with Gasteiger partial charge in [0.2, 0.25) is 5.91 Å². The number of methoxy groups -OCH3 is 1. The van der Waals surface area contributed by atoms with E-state index in [1.807, 2.05) is 36.4 Å². The Kier molecular flexibility index (Phi) is 9.43. The Hall–Kier alpha value is -3.34. The summed E-state index contributed by atoms with van der Waals surface area (Å²) in [5.74, 6) is 0.564. The molecule has 0 bridgehead atoms. The second kappa shape index (κ2) is 12.9. The Balaban J connectivity index is 1.79. The average Bonchev–Trinajstić information content (AvgIpc) is 3.26. The maximum Gasteiger partial charge on any atom is 0.222 e. The Labute approximate surface area is 228 Å². The van der Waals surface area contributed by atoms with Gasteiger partial charge in [-0.1, -0.05) is 23.9 Å². The van der Waals surface area contributed by atoms with E-state index in [2.05, 4.69) is 14.9 Å². The molecule has 0 saturated carbocycles. The number of carbonyl (C=O) groups excluding carboxylic acids is 1. The molecule has 1 unspecified atom stereocenters. The molecule has 0 radical (unpaired) electrons. The summed E-state index contributed by atoms with van der Waals surface area (Å²) in [4.78, 5) is 21.7. The highest BCUT2D eigenvalue weighted by molar-refractivity contribution is 7.98. The summed E-state index contributed by atoms with van der Waals surface area (Å²) < 4.78 is 33.0. The maximum absolute atomic E-state index is 13.8. The molecule has 2 heterocycles. The van der Waals surface area contributed by atoms with Crippen molar-refractivity contribution in [3.8, 4) is 22.5 Å². The number of anilines is 1. The molecule has 38 heavy (non-hydrogen) atoms. The number of benzene rings is 2. The van der Waals surface area contributed by atoms with Gasteiger partial charge < -0.3 is 14.6 Å². The Morgan fingerprint density at radius 1 is 1.11 bits per heavy atom. The Morgan fingerprint density at radius 2 is 1.84 bits per heavy atom. The molecule has 4 rings (SSSR count). The van der Waals surface area contributed by atoms with E-state index in [1.165, 1.54) is 19.1 Å². The lowest BCUT2D eigenvalue weighted by Crippen LogP contribution is -2.08. The lowest BCUT2D eigenvalue weighted by atomic mass is 10.1. The van der Waals surface area contributed by atoms with E-state index in [1.54, 1.807) is 43.5 Å². The van der Waals surface area contributed by atoms with Gasteiger partial charge in [0.05, 0.1) is 11.4 Å². The van der Waals surface area contributed by atoms with Gasteiger partial charge in [0.15, 0.2) is 5.16 Å². The van der Waals surface area contributed by atoms with Gasteiger partial charge in [-0.3, -0.25) is 9.00 Å². The first kappa shape index (κ1) is 27.7. The average molecular weight is 553 g/mol. The van der Waals surface area contributed by atoms with E-state index in [-0.39, 0.29) is 11.7 Å². The molecule has 2 aromatic carbocycles. The fraction of sp³-hybridized carbons (Fsp3) is 0.250. The molecule has 2 aromatic heterocycles. The van der Waals surface area contributed by atoms with Crippen molar-refractivity contribution < 1.29 is 18.1 Å². The fourth-order valence-corrected chi connectivity index (χ4v) is 5.47. The summed E-state index contributed by atoms with van der Waals surface area (Å²) in [6.45, 7) is 2.66. The van der Waals surface area contributed by atoms with Crippen LogP contribution in [0.25, 0.3) is 22.5 Å². The number of aromatic nitrogens is 3. The van der Waals surface area contributed by atoms with Crippen molar-refractivity contribution in [2.45, 2.75) is 35.7 Å². The predicted octanol–water partition coefficient (Wildman–Crippen LogP) is 5.78. The van der Waals surface area contributed by atoms with Gasteiger partial charge in [-0.05, 0) is 60.5 Å². The second-order valence-corrected chi connectivity index (χ2v) is 10.9. The number of hydrogen-bond acceptors (Lipinski definition) is 6. The van der Waals surface area contributed by atoms with Crippen LogP contribution < -0.4 is 5.32 Å². The largest absolute Gasteiger partial charge is 0.385 e. The number of nitrogens with zero attached hydrogens (tertiary/aromatic N) is 3. The van der Waals surface area contributed by atoms with Gasteiger partial charge in [-0.15, -0.1) is 0 Å². The standard InChI is InChI=1S/C28H29FN4O3S2/c1-19(34)31-25-17-22(13-14-30-25)27-26(21-7-9-23(29)10-8-21)32-28(33(27)15-4-16-36-2)37-18-20-5-11-24(12-6-20)38(3)35/h5-14,17H,4,15-16,18H2,1-3H3,(H,30,31,34). The summed E-state index contributed by atoms with van der Waals surface area (Å²) in [5, 5.41) is 3.55. The third-order valence-corrected chi connectivity index (χ3v) is 7.72. The number of ether oxygens (including phenoxy) is 1. The minimum atomic E-state index is -1.03. The number of imidazole rings is 1.